The number of ether oxygens (including phenoxy) is 1. The minimum absolute atomic E-state index is 0.0618. The Morgan fingerprint density at radius 2 is 1.81 bits per heavy atom. The van der Waals surface area contributed by atoms with Gasteiger partial charge >= 0.3 is 0 Å². The van der Waals surface area contributed by atoms with E-state index in [0.717, 1.165) is 17.1 Å². The number of hydrogen-bond acceptors (Lipinski definition) is 4. The summed E-state index contributed by atoms with van der Waals surface area (Å²) in [7, 11) is 1.61. The summed E-state index contributed by atoms with van der Waals surface area (Å²) in [5.74, 6) is -0.414. The second-order valence-electron chi connectivity index (χ2n) is 7.01. The normalized spacial score (nSPS) is 15.3. The smallest absolute Gasteiger partial charge is 0.270 e. The number of benzene rings is 2. The first-order valence-corrected chi connectivity index (χ1v) is 10.7. The minimum atomic E-state index is -0.585. The van der Waals surface area contributed by atoms with Gasteiger partial charge in [-0.3, -0.25) is 19.8 Å². The second-order valence-corrected chi connectivity index (χ2v) is 8.19. The number of methoxy groups -OCH3 is 1. The quantitative estimate of drug-likeness (QED) is 0.323. The van der Waals surface area contributed by atoms with E-state index in [1.165, 1.54) is 11.0 Å². The van der Waals surface area contributed by atoms with Gasteiger partial charge in [0.1, 0.15) is 11.3 Å². The van der Waals surface area contributed by atoms with E-state index in [1.807, 2.05) is 48.0 Å². The van der Waals surface area contributed by atoms with Gasteiger partial charge in [0.05, 0.1) is 22.8 Å². The number of anilines is 1. The molecule has 0 aliphatic carbocycles. The summed E-state index contributed by atoms with van der Waals surface area (Å²) < 4.78 is 7.15. The largest absolute Gasteiger partial charge is 0.497 e. The monoisotopic (exact) mass is 485 g/mol. The standard InChI is InChI=1S/C23H17Cl2N3O3S/c1-13-10-14(12-27(13)15-6-8-16(31-2)9-7-15)11-17-21(29)26-23(32)28(22(17)30)19-5-3-4-18(24)20(19)25/h3-12H,1-2H3,(H,26,29,32)/b17-11-. The van der Waals surface area contributed by atoms with Crippen LogP contribution in [0.25, 0.3) is 11.8 Å². The predicted molar refractivity (Wildman–Crippen MR) is 130 cm³/mol. The van der Waals surface area contributed by atoms with Crippen molar-refractivity contribution in [3.05, 3.63) is 81.6 Å². The first-order chi connectivity index (χ1) is 15.3. The van der Waals surface area contributed by atoms with Crippen LogP contribution in [0.1, 0.15) is 11.3 Å². The molecule has 0 unspecified atom stereocenters. The molecule has 0 atom stereocenters. The molecular formula is C23H17Cl2N3O3S. The number of hydrogen-bond donors (Lipinski definition) is 1. The van der Waals surface area contributed by atoms with Gasteiger partial charge in [0, 0.05) is 17.6 Å². The zero-order valence-electron chi connectivity index (χ0n) is 17.1. The van der Waals surface area contributed by atoms with Gasteiger partial charge in [-0.15, -0.1) is 0 Å². The van der Waals surface area contributed by atoms with Crippen LogP contribution in [0.4, 0.5) is 5.69 Å². The van der Waals surface area contributed by atoms with Crippen LogP contribution in [0.5, 0.6) is 5.75 Å². The van der Waals surface area contributed by atoms with Gasteiger partial charge in [0.2, 0.25) is 0 Å². The van der Waals surface area contributed by atoms with Crippen molar-refractivity contribution in [2.24, 2.45) is 0 Å². The summed E-state index contributed by atoms with van der Waals surface area (Å²) in [6.07, 6.45) is 3.37. The molecule has 6 nitrogen and oxygen atoms in total. The predicted octanol–water partition coefficient (Wildman–Crippen LogP) is 4.93. The van der Waals surface area contributed by atoms with Crippen LogP contribution < -0.4 is 15.0 Å². The van der Waals surface area contributed by atoms with Crippen molar-refractivity contribution in [3.63, 3.8) is 0 Å². The molecule has 0 bridgehead atoms. The second kappa shape index (κ2) is 8.78. The number of thiocarbonyl (C=S) groups is 1. The lowest BCUT2D eigenvalue weighted by Gasteiger charge is -2.29. The first-order valence-electron chi connectivity index (χ1n) is 9.49. The lowest BCUT2D eigenvalue weighted by atomic mass is 10.1. The van der Waals surface area contributed by atoms with Crippen molar-refractivity contribution < 1.29 is 14.3 Å². The molecule has 1 aliphatic heterocycles. The molecular weight excluding hydrogens is 469 g/mol. The molecule has 1 fully saturated rings. The highest BCUT2D eigenvalue weighted by Gasteiger charge is 2.35. The number of amides is 2. The zero-order valence-corrected chi connectivity index (χ0v) is 19.4. The van der Waals surface area contributed by atoms with Crippen LogP contribution in [0.2, 0.25) is 10.0 Å². The molecule has 0 saturated carbocycles. The molecule has 0 spiro atoms. The minimum Gasteiger partial charge on any atom is -0.497 e. The van der Waals surface area contributed by atoms with Crippen molar-refractivity contribution in [2.45, 2.75) is 6.92 Å². The van der Waals surface area contributed by atoms with E-state index in [4.69, 9.17) is 40.2 Å². The van der Waals surface area contributed by atoms with E-state index >= 15 is 0 Å². The van der Waals surface area contributed by atoms with Crippen LogP contribution in [0, 0.1) is 6.92 Å². The van der Waals surface area contributed by atoms with Gasteiger partial charge < -0.3 is 9.30 Å². The van der Waals surface area contributed by atoms with E-state index in [9.17, 15) is 9.59 Å². The number of nitrogens with zero attached hydrogens (tertiary/aromatic N) is 2. The lowest BCUT2D eigenvalue weighted by molar-refractivity contribution is -0.122. The van der Waals surface area contributed by atoms with Crippen molar-refractivity contribution in [1.82, 2.24) is 9.88 Å². The van der Waals surface area contributed by atoms with Crippen molar-refractivity contribution in [1.29, 1.82) is 0 Å². The van der Waals surface area contributed by atoms with Gasteiger partial charge in [-0.25, -0.2) is 0 Å². The summed E-state index contributed by atoms with van der Waals surface area (Å²) in [6, 6.07) is 14.3. The average Bonchev–Trinajstić information content (AvgIpc) is 3.14. The summed E-state index contributed by atoms with van der Waals surface area (Å²) >= 11 is 17.6. The third kappa shape index (κ3) is 4.02. The van der Waals surface area contributed by atoms with E-state index in [-0.39, 0.29) is 20.7 Å². The van der Waals surface area contributed by atoms with Crippen LogP contribution in [0.3, 0.4) is 0 Å². The van der Waals surface area contributed by atoms with Crippen LogP contribution in [-0.2, 0) is 9.59 Å². The first kappa shape index (κ1) is 22.1. The van der Waals surface area contributed by atoms with E-state index in [0.29, 0.717) is 11.3 Å². The lowest BCUT2D eigenvalue weighted by Crippen LogP contribution is -2.54. The summed E-state index contributed by atoms with van der Waals surface area (Å²) in [5.41, 5.74) is 2.76. The van der Waals surface area contributed by atoms with Gasteiger partial charge in [-0.05, 0) is 73.2 Å². The Bertz CT molecular complexity index is 1280. The maximum Gasteiger partial charge on any atom is 0.270 e. The van der Waals surface area contributed by atoms with Gasteiger partial charge in [-0.1, -0.05) is 29.3 Å². The van der Waals surface area contributed by atoms with Gasteiger partial charge in [0.15, 0.2) is 5.11 Å². The number of carbonyl (C=O) groups is 2. The number of rotatable bonds is 4. The number of carbonyl (C=O) groups excluding carboxylic acids is 2. The SMILES string of the molecule is COc1ccc(-n2cc(/C=C3/C(=O)NC(=S)N(c4cccc(Cl)c4Cl)C3=O)cc2C)cc1. The summed E-state index contributed by atoms with van der Waals surface area (Å²) in [5, 5.41) is 2.93. The van der Waals surface area contributed by atoms with Crippen LogP contribution >= 0.6 is 35.4 Å². The van der Waals surface area contributed by atoms with Crippen molar-refractivity contribution >= 4 is 64.1 Å². The summed E-state index contributed by atoms with van der Waals surface area (Å²) in [6.45, 7) is 1.93. The fourth-order valence-electron chi connectivity index (χ4n) is 3.41. The molecule has 0 radical (unpaired) electrons. The number of aryl methyl sites for hydroxylation is 1. The number of nitrogens with one attached hydrogen (secondary N) is 1. The fourth-order valence-corrected chi connectivity index (χ4v) is 4.06. The Labute approximate surface area is 200 Å². The Balaban J connectivity index is 1.71. The van der Waals surface area contributed by atoms with Gasteiger partial charge in [0.25, 0.3) is 11.8 Å². The molecule has 32 heavy (non-hydrogen) atoms. The Morgan fingerprint density at radius 1 is 1.09 bits per heavy atom. The molecule has 2 heterocycles. The molecule has 3 aromatic rings. The Hall–Kier alpha value is -3.13. The van der Waals surface area contributed by atoms with Crippen molar-refractivity contribution in [3.8, 4) is 11.4 Å². The molecule has 2 aromatic carbocycles. The average molecular weight is 486 g/mol. The number of halogens is 2. The molecule has 1 aliphatic rings. The molecule has 4 rings (SSSR count). The Kier molecular flexibility index (Phi) is 6.06. The van der Waals surface area contributed by atoms with E-state index < -0.39 is 11.8 Å². The third-order valence-electron chi connectivity index (χ3n) is 4.97. The maximum absolute atomic E-state index is 13.2. The fraction of sp³-hybridized carbons (Fsp3) is 0.0870. The molecule has 1 aromatic heterocycles. The maximum atomic E-state index is 13.2. The van der Waals surface area contributed by atoms with Crippen molar-refractivity contribution in [2.75, 3.05) is 12.0 Å². The molecule has 162 valence electrons. The summed E-state index contributed by atoms with van der Waals surface area (Å²) in [4.78, 5) is 27.0. The zero-order chi connectivity index (χ0) is 23.0. The molecule has 1 N–H and O–H groups in total. The van der Waals surface area contributed by atoms with E-state index in [2.05, 4.69) is 5.32 Å². The molecule has 2 amide bonds. The molecule has 9 heteroatoms. The molecule has 1 saturated heterocycles. The topological polar surface area (TPSA) is 63.6 Å². The third-order valence-corrected chi connectivity index (χ3v) is 6.06. The van der Waals surface area contributed by atoms with E-state index in [1.54, 1.807) is 25.3 Å². The highest BCUT2D eigenvalue weighted by molar-refractivity contribution is 7.80. The highest BCUT2D eigenvalue weighted by Crippen LogP contribution is 2.34. The number of aromatic nitrogens is 1. The van der Waals surface area contributed by atoms with Gasteiger partial charge in [-0.2, -0.15) is 0 Å². The van der Waals surface area contributed by atoms with Crippen LogP contribution in [-0.4, -0.2) is 28.6 Å². The Morgan fingerprint density at radius 3 is 2.50 bits per heavy atom. The van der Waals surface area contributed by atoms with Crippen LogP contribution in [0.15, 0.2) is 60.3 Å². The highest BCUT2D eigenvalue weighted by atomic mass is 35.5.